The molecule has 4 rings (SSSR count). The summed E-state index contributed by atoms with van der Waals surface area (Å²) in [6, 6.07) is 26.7. The summed E-state index contributed by atoms with van der Waals surface area (Å²) in [6.45, 7) is 4.57. The van der Waals surface area contributed by atoms with E-state index >= 15 is 0 Å². The van der Waals surface area contributed by atoms with E-state index in [2.05, 4.69) is 38.6 Å². The van der Waals surface area contributed by atoms with E-state index in [0.29, 0.717) is 0 Å². The van der Waals surface area contributed by atoms with Gasteiger partial charge >= 0.3 is 0 Å². The topological polar surface area (TPSA) is 52.6 Å². The highest BCUT2D eigenvalue weighted by molar-refractivity contribution is 7.98. The number of thiol groups is 1. The highest BCUT2D eigenvalue weighted by atomic mass is 32.2. The molecular formula is C39H48O4S4. The first kappa shape index (κ1) is 37.3. The van der Waals surface area contributed by atoms with Crippen molar-refractivity contribution < 1.29 is 17.9 Å². The second kappa shape index (κ2) is 18.9. The molecular weight excluding hydrogens is 661 g/mol. The predicted molar refractivity (Wildman–Crippen MR) is 206 cm³/mol. The van der Waals surface area contributed by atoms with Crippen molar-refractivity contribution in [1.29, 1.82) is 0 Å². The highest BCUT2D eigenvalue weighted by Crippen LogP contribution is 2.33. The molecule has 0 saturated heterocycles. The Morgan fingerprint density at radius 3 is 1.57 bits per heavy atom. The number of methoxy groups -OCH3 is 2. The third kappa shape index (κ3) is 10.5. The first-order chi connectivity index (χ1) is 22.8. The zero-order valence-electron chi connectivity index (χ0n) is 28.0. The van der Waals surface area contributed by atoms with E-state index < -0.39 is 9.84 Å². The Morgan fingerprint density at radius 1 is 0.660 bits per heavy atom. The Hall–Kier alpha value is -2.52. The summed E-state index contributed by atoms with van der Waals surface area (Å²) in [4.78, 5) is 0.556. The maximum atomic E-state index is 13.6. The number of hydrogen-bond donors (Lipinski definition) is 1. The molecule has 0 spiro atoms. The minimum atomic E-state index is -3.67. The molecule has 0 aliphatic carbocycles. The van der Waals surface area contributed by atoms with Crippen molar-refractivity contribution in [3.63, 3.8) is 0 Å². The molecule has 1 atom stereocenters. The Bertz CT molecular complexity index is 1650. The van der Waals surface area contributed by atoms with Crippen molar-refractivity contribution in [2.45, 2.75) is 67.2 Å². The molecule has 4 nitrogen and oxygen atoms in total. The molecule has 47 heavy (non-hydrogen) atoms. The van der Waals surface area contributed by atoms with E-state index in [4.69, 9.17) is 9.47 Å². The van der Waals surface area contributed by atoms with Crippen molar-refractivity contribution in [3.05, 3.63) is 96.1 Å². The van der Waals surface area contributed by atoms with E-state index in [0.717, 1.165) is 92.4 Å². The predicted octanol–water partition coefficient (Wildman–Crippen LogP) is 10.9. The molecule has 252 valence electrons. The Kier molecular flexibility index (Phi) is 15.0. The van der Waals surface area contributed by atoms with Gasteiger partial charge in [0.1, 0.15) is 11.5 Å². The fourth-order valence-corrected chi connectivity index (χ4v) is 9.17. The van der Waals surface area contributed by atoms with Gasteiger partial charge in [0.15, 0.2) is 0 Å². The van der Waals surface area contributed by atoms with Crippen molar-refractivity contribution in [2.24, 2.45) is 5.92 Å². The number of ether oxygens (including phenoxy) is 2. The van der Waals surface area contributed by atoms with Gasteiger partial charge in [0.25, 0.3) is 0 Å². The van der Waals surface area contributed by atoms with Crippen LogP contribution in [-0.4, -0.2) is 39.9 Å². The maximum Gasteiger partial charge on any atom is 0.206 e. The van der Waals surface area contributed by atoms with E-state index in [1.54, 1.807) is 38.5 Å². The van der Waals surface area contributed by atoms with Gasteiger partial charge in [0.2, 0.25) is 9.84 Å². The molecule has 0 fully saturated rings. The van der Waals surface area contributed by atoms with E-state index in [1.165, 1.54) is 19.3 Å². The smallest absolute Gasteiger partial charge is 0.206 e. The largest absolute Gasteiger partial charge is 0.496 e. The Labute approximate surface area is 296 Å². The van der Waals surface area contributed by atoms with Crippen LogP contribution in [0.2, 0.25) is 0 Å². The Balaban J connectivity index is 1.45. The molecule has 1 unspecified atom stereocenters. The quantitative estimate of drug-likeness (QED) is 0.0773. The number of thioether (sulfide) groups is 2. The van der Waals surface area contributed by atoms with Gasteiger partial charge < -0.3 is 9.47 Å². The van der Waals surface area contributed by atoms with Crippen LogP contribution >= 0.6 is 36.2 Å². The molecule has 0 aromatic heterocycles. The lowest BCUT2D eigenvalue weighted by molar-refractivity contribution is 0.411. The monoisotopic (exact) mass is 708 g/mol. The zero-order chi connectivity index (χ0) is 33.6. The summed E-state index contributed by atoms with van der Waals surface area (Å²) in [7, 11) is -0.268. The van der Waals surface area contributed by atoms with Gasteiger partial charge in [-0.2, -0.15) is 36.2 Å². The van der Waals surface area contributed by atoms with E-state index in [-0.39, 0.29) is 9.79 Å². The highest BCUT2D eigenvalue weighted by Gasteiger charge is 2.18. The number of sulfone groups is 1. The van der Waals surface area contributed by atoms with Crippen LogP contribution < -0.4 is 9.47 Å². The summed E-state index contributed by atoms with van der Waals surface area (Å²) < 4.78 is 38.4. The molecule has 4 aromatic carbocycles. The average molecular weight is 709 g/mol. The lowest BCUT2D eigenvalue weighted by atomic mass is 10.0. The lowest BCUT2D eigenvalue weighted by Crippen LogP contribution is -2.02. The zero-order valence-corrected chi connectivity index (χ0v) is 31.4. The summed E-state index contributed by atoms with van der Waals surface area (Å²) in [5.41, 5.74) is 6.31. The third-order valence-electron chi connectivity index (χ3n) is 8.31. The van der Waals surface area contributed by atoms with Crippen LogP contribution in [0.3, 0.4) is 0 Å². The maximum absolute atomic E-state index is 13.6. The van der Waals surface area contributed by atoms with Gasteiger partial charge in [-0.1, -0.05) is 63.1 Å². The van der Waals surface area contributed by atoms with E-state index in [9.17, 15) is 8.42 Å². The molecule has 0 amide bonds. The first-order valence-electron chi connectivity index (χ1n) is 16.4. The first-order valence-corrected chi connectivity index (χ1v) is 20.8. The van der Waals surface area contributed by atoms with Crippen molar-refractivity contribution in [3.8, 4) is 33.8 Å². The van der Waals surface area contributed by atoms with Crippen molar-refractivity contribution >= 4 is 46.0 Å². The minimum Gasteiger partial charge on any atom is -0.496 e. The average Bonchev–Trinajstić information content (AvgIpc) is 3.10. The fraction of sp³-hybridized carbons (Fsp3) is 0.385. The van der Waals surface area contributed by atoms with Crippen molar-refractivity contribution in [1.82, 2.24) is 0 Å². The summed E-state index contributed by atoms with van der Waals surface area (Å²) in [5.74, 6) is 7.37. The molecule has 4 aromatic rings. The SMILES string of the molecule is CCCC(C)CCSCc1cc(-c2ccc(S(=O)(=O)c3ccc(-c4ccc(OC)c(CSCCCCS)c4)cc3)cc2)ccc1OC. The summed E-state index contributed by atoms with van der Waals surface area (Å²) >= 11 is 8.12. The molecule has 0 aliphatic heterocycles. The number of unbranched alkanes of at least 4 members (excludes halogenated alkanes) is 1. The van der Waals surface area contributed by atoms with Gasteiger partial charge in [-0.05, 0) is 113 Å². The van der Waals surface area contributed by atoms with Crippen LogP contribution in [0, 0.1) is 5.92 Å². The summed E-state index contributed by atoms with van der Waals surface area (Å²) in [6.07, 6.45) is 6.00. The molecule has 0 radical (unpaired) electrons. The molecule has 0 N–H and O–H groups in total. The van der Waals surface area contributed by atoms with Gasteiger partial charge in [-0.3, -0.25) is 0 Å². The second-order valence-corrected chi connectivity index (χ2v) is 16.4. The van der Waals surface area contributed by atoms with Gasteiger partial charge in [-0.15, -0.1) is 0 Å². The number of rotatable bonds is 19. The molecule has 0 heterocycles. The van der Waals surface area contributed by atoms with Crippen LogP contribution in [0.25, 0.3) is 22.3 Å². The van der Waals surface area contributed by atoms with Gasteiger partial charge in [-0.25, -0.2) is 8.42 Å². The number of benzene rings is 4. The van der Waals surface area contributed by atoms with E-state index in [1.807, 2.05) is 72.1 Å². The normalized spacial score (nSPS) is 12.2. The molecule has 0 saturated carbocycles. The third-order valence-corrected chi connectivity index (χ3v) is 12.5. The van der Waals surface area contributed by atoms with Crippen molar-refractivity contribution in [2.75, 3.05) is 31.5 Å². The molecule has 0 bridgehead atoms. The van der Waals surface area contributed by atoms with Crippen LogP contribution in [-0.2, 0) is 21.3 Å². The van der Waals surface area contributed by atoms with Crippen LogP contribution in [0.5, 0.6) is 11.5 Å². The minimum absolute atomic E-state index is 0.277. The van der Waals surface area contributed by atoms with Crippen LogP contribution in [0.15, 0.2) is 94.7 Å². The standard InChI is InChI=1S/C39H48O4S4/c1-5-8-29(2)21-24-46-28-35-26-33(14-20-39(35)43-4)31-11-17-37(18-12-31)47(40,41)36-15-9-30(10-16-36)32-13-19-38(42-3)34(25-32)27-45-23-7-6-22-44/h9-20,25-26,29,44H,5-8,21-24,27-28H2,1-4H3. The van der Waals surface area contributed by atoms with Gasteiger partial charge in [0, 0.05) is 22.6 Å². The number of hydrogen-bond acceptors (Lipinski definition) is 7. The molecule has 0 aliphatic rings. The lowest BCUT2D eigenvalue weighted by Gasteiger charge is -2.13. The molecule has 8 heteroatoms. The van der Waals surface area contributed by atoms with Gasteiger partial charge in [0.05, 0.1) is 24.0 Å². The Morgan fingerprint density at radius 2 is 1.13 bits per heavy atom. The second-order valence-electron chi connectivity index (χ2n) is 11.8. The van der Waals surface area contributed by atoms with Crippen LogP contribution in [0.1, 0.15) is 57.1 Å². The van der Waals surface area contributed by atoms with Crippen LogP contribution in [0.4, 0.5) is 0 Å². The fourth-order valence-electron chi connectivity index (χ4n) is 5.53. The summed E-state index contributed by atoms with van der Waals surface area (Å²) in [5, 5.41) is 0.